The van der Waals surface area contributed by atoms with Gasteiger partial charge in [0.1, 0.15) is 24.2 Å². The van der Waals surface area contributed by atoms with E-state index in [0.717, 1.165) is 11.1 Å². The van der Waals surface area contributed by atoms with Crippen molar-refractivity contribution >= 4 is 47.9 Å². The highest BCUT2D eigenvalue weighted by Gasteiger charge is 2.38. The number of rotatable bonds is 4. The molecule has 3 aliphatic rings. The Kier molecular flexibility index (Phi) is 12.4. The largest absolute Gasteiger partial charge is 0.342 e. The van der Waals surface area contributed by atoms with Crippen LogP contribution in [-0.2, 0) is 32.0 Å². The van der Waals surface area contributed by atoms with Crippen LogP contribution in [0.15, 0.2) is 119 Å². The monoisotopic (exact) mass is 780 g/mol. The van der Waals surface area contributed by atoms with Crippen molar-refractivity contribution in [1.29, 1.82) is 0 Å². The minimum absolute atomic E-state index is 0.175. The Morgan fingerprint density at radius 2 is 0.914 bits per heavy atom. The van der Waals surface area contributed by atoms with E-state index in [1.165, 1.54) is 22.2 Å². The number of hydrogen-bond donors (Lipinski definition) is 4. The summed E-state index contributed by atoms with van der Waals surface area (Å²) in [6.45, 7) is 0.694. The van der Waals surface area contributed by atoms with Crippen molar-refractivity contribution < 1.29 is 28.8 Å². The molecule has 0 aromatic heterocycles. The van der Waals surface area contributed by atoms with Crippen molar-refractivity contribution in [1.82, 2.24) is 31.3 Å². The SMILES string of the molecule is O=C1N/N=C/c2cccc(c2)C(=O)N2CCC[C@H]2C(=O)N[C@H](Cc2ccccc2)C(=O)N/N=C/c2cccc(c2)C(=O)N2CCC[C@H]2C(=O)N[C@@H]1Cc1ccccc1. The maximum absolute atomic E-state index is 13.9. The maximum atomic E-state index is 13.9. The molecule has 296 valence electrons. The molecule has 3 heterocycles. The Hall–Kier alpha value is -6.96. The Morgan fingerprint density at radius 1 is 0.500 bits per heavy atom. The first kappa shape index (κ1) is 39.3. The second-order valence-electron chi connectivity index (χ2n) is 14.5. The van der Waals surface area contributed by atoms with Crippen LogP contribution in [0.25, 0.3) is 0 Å². The summed E-state index contributed by atoms with van der Waals surface area (Å²) >= 11 is 0. The smallest absolute Gasteiger partial charge is 0.262 e. The van der Waals surface area contributed by atoms with Crippen LogP contribution in [0.5, 0.6) is 0 Å². The van der Waals surface area contributed by atoms with Gasteiger partial charge in [0.05, 0.1) is 12.4 Å². The van der Waals surface area contributed by atoms with Gasteiger partial charge in [-0.15, -0.1) is 0 Å². The molecule has 4 N–H and O–H groups in total. The summed E-state index contributed by atoms with van der Waals surface area (Å²) in [5, 5.41) is 14.1. The molecule has 4 bridgehead atoms. The van der Waals surface area contributed by atoms with Gasteiger partial charge in [-0.2, -0.15) is 10.2 Å². The van der Waals surface area contributed by atoms with Crippen LogP contribution in [0.2, 0.25) is 0 Å². The minimum Gasteiger partial charge on any atom is -0.342 e. The van der Waals surface area contributed by atoms with Gasteiger partial charge >= 0.3 is 0 Å². The van der Waals surface area contributed by atoms with Crippen LogP contribution in [0.1, 0.15) is 68.7 Å². The van der Waals surface area contributed by atoms with Crippen molar-refractivity contribution in [3.63, 3.8) is 0 Å². The van der Waals surface area contributed by atoms with E-state index >= 15 is 0 Å². The van der Waals surface area contributed by atoms with Gasteiger partial charge in [0.25, 0.3) is 23.6 Å². The molecule has 0 saturated carbocycles. The fourth-order valence-electron chi connectivity index (χ4n) is 7.55. The van der Waals surface area contributed by atoms with Gasteiger partial charge in [0.2, 0.25) is 11.8 Å². The van der Waals surface area contributed by atoms with Gasteiger partial charge in [-0.1, -0.05) is 84.9 Å². The molecule has 58 heavy (non-hydrogen) atoms. The Bertz CT molecular complexity index is 2070. The Morgan fingerprint density at radius 3 is 1.33 bits per heavy atom. The number of nitrogens with zero attached hydrogens (tertiary/aromatic N) is 4. The van der Waals surface area contributed by atoms with E-state index in [1.807, 2.05) is 60.7 Å². The molecule has 7 rings (SSSR count). The number of nitrogens with one attached hydrogen (secondary N) is 4. The van der Waals surface area contributed by atoms with Crippen molar-refractivity contribution in [3.8, 4) is 0 Å². The predicted octanol–water partition coefficient (Wildman–Crippen LogP) is 2.96. The van der Waals surface area contributed by atoms with E-state index in [1.54, 1.807) is 48.5 Å². The summed E-state index contributed by atoms with van der Waals surface area (Å²) in [7, 11) is 0. The highest BCUT2D eigenvalue weighted by Crippen LogP contribution is 2.23. The summed E-state index contributed by atoms with van der Waals surface area (Å²) in [5.41, 5.74) is 8.37. The van der Waals surface area contributed by atoms with E-state index in [0.29, 0.717) is 61.0 Å². The Labute approximate surface area is 335 Å². The van der Waals surface area contributed by atoms with Crippen molar-refractivity contribution in [2.75, 3.05) is 13.1 Å². The fraction of sp³-hybridized carbons (Fsp3) is 0.273. The standard InChI is InChI=1S/C44H44N8O6/c53-39-35(25-29-11-3-1-4-12-29)47-41(55)37-19-9-21-51(37)43(57)33-17-8-16-32(24-33)28-46-50-40(54)36(26-30-13-5-2-6-14-30)48-42(56)38-20-10-22-52(38)44(58)34-18-7-15-31(23-34)27-45-49-39/h1-8,11-18,23-24,27-28,35-38H,9-10,19-22,25-26H2,(H,47,55)(H,48,56)(H,49,53)(H,50,54)/b45-27+,46-28+/t35-,36-,37+,38+/m1/s1. The quantitative estimate of drug-likeness (QED) is 0.247. The lowest BCUT2D eigenvalue weighted by molar-refractivity contribution is -0.131. The van der Waals surface area contributed by atoms with E-state index in [-0.39, 0.29) is 24.7 Å². The molecule has 0 aliphatic carbocycles. The van der Waals surface area contributed by atoms with Gasteiger partial charge in [-0.25, -0.2) is 10.9 Å². The summed E-state index contributed by atoms with van der Waals surface area (Å²) in [5.74, 6) is -2.77. The molecule has 0 radical (unpaired) electrons. The fourth-order valence-corrected chi connectivity index (χ4v) is 7.55. The lowest BCUT2D eigenvalue weighted by atomic mass is 10.0. The molecule has 4 atom stereocenters. The predicted molar refractivity (Wildman–Crippen MR) is 217 cm³/mol. The number of benzene rings is 4. The van der Waals surface area contributed by atoms with E-state index < -0.39 is 47.8 Å². The van der Waals surface area contributed by atoms with Crippen LogP contribution in [0.3, 0.4) is 0 Å². The topological polar surface area (TPSA) is 182 Å². The molecule has 0 spiro atoms. The minimum atomic E-state index is -1.02. The second kappa shape index (κ2) is 18.3. The van der Waals surface area contributed by atoms with Gasteiger partial charge in [0, 0.05) is 37.1 Å². The molecule has 0 unspecified atom stereocenters. The molecular weight excluding hydrogens is 737 g/mol. The first-order chi connectivity index (χ1) is 28.2. The van der Waals surface area contributed by atoms with Crippen LogP contribution in [-0.4, -0.2) is 94.9 Å². The number of amides is 6. The van der Waals surface area contributed by atoms with Gasteiger partial charge in [0.15, 0.2) is 0 Å². The van der Waals surface area contributed by atoms with Crippen LogP contribution >= 0.6 is 0 Å². The Balaban J connectivity index is 1.19. The first-order valence-electron chi connectivity index (χ1n) is 19.4. The number of fused-ring (bicyclic) bond motifs is 6. The van der Waals surface area contributed by atoms with E-state index in [4.69, 9.17) is 0 Å². The van der Waals surface area contributed by atoms with Gasteiger partial charge in [-0.05, 0) is 72.2 Å². The zero-order chi connectivity index (χ0) is 40.4. The molecule has 2 saturated heterocycles. The van der Waals surface area contributed by atoms with Crippen LogP contribution < -0.4 is 21.5 Å². The number of carbonyl (C=O) groups excluding carboxylic acids is 6. The van der Waals surface area contributed by atoms with Crippen LogP contribution in [0.4, 0.5) is 0 Å². The highest BCUT2D eigenvalue weighted by atomic mass is 16.2. The maximum Gasteiger partial charge on any atom is 0.262 e. The molecular formula is C44H44N8O6. The molecule has 4 aromatic carbocycles. The highest BCUT2D eigenvalue weighted by molar-refractivity contribution is 6.01. The number of hydrazone groups is 2. The average Bonchev–Trinajstić information content (AvgIpc) is 3.95. The average molecular weight is 781 g/mol. The van der Waals surface area contributed by atoms with Gasteiger partial charge < -0.3 is 20.4 Å². The lowest BCUT2D eigenvalue weighted by Gasteiger charge is -2.26. The zero-order valence-corrected chi connectivity index (χ0v) is 31.8. The molecule has 2 fully saturated rings. The molecule has 4 aromatic rings. The number of hydrogen-bond acceptors (Lipinski definition) is 8. The van der Waals surface area contributed by atoms with Crippen molar-refractivity contribution in [2.24, 2.45) is 10.2 Å². The molecule has 14 nitrogen and oxygen atoms in total. The second-order valence-corrected chi connectivity index (χ2v) is 14.5. The molecule has 3 aliphatic heterocycles. The summed E-state index contributed by atoms with van der Waals surface area (Å²) < 4.78 is 0. The lowest BCUT2D eigenvalue weighted by Crippen LogP contribution is -2.53. The van der Waals surface area contributed by atoms with Gasteiger partial charge in [-0.3, -0.25) is 28.8 Å². The molecule has 6 amide bonds. The van der Waals surface area contributed by atoms with Crippen molar-refractivity contribution in [2.45, 2.75) is 62.7 Å². The van der Waals surface area contributed by atoms with E-state index in [9.17, 15) is 28.8 Å². The van der Waals surface area contributed by atoms with Crippen LogP contribution in [0, 0.1) is 0 Å². The summed E-state index contributed by atoms with van der Waals surface area (Å²) in [6.07, 6.45) is 5.16. The third-order valence-electron chi connectivity index (χ3n) is 10.5. The normalized spacial score (nSPS) is 23.2. The first-order valence-corrected chi connectivity index (χ1v) is 19.4. The third-order valence-corrected chi connectivity index (χ3v) is 10.5. The summed E-state index contributed by atoms with van der Waals surface area (Å²) in [4.78, 5) is 85.7. The third kappa shape index (κ3) is 9.52. The summed E-state index contributed by atoms with van der Waals surface area (Å²) in [6, 6.07) is 28.1. The zero-order valence-electron chi connectivity index (χ0n) is 31.8. The number of carbonyl (C=O) groups is 6. The van der Waals surface area contributed by atoms with Crippen molar-refractivity contribution in [3.05, 3.63) is 143 Å². The van der Waals surface area contributed by atoms with E-state index in [2.05, 4.69) is 31.7 Å². The molecule has 14 heteroatoms.